The number of pyridine rings is 1. The molecule has 1 heterocycles. The van der Waals surface area contributed by atoms with Gasteiger partial charge in [-0.05, 0) is 31.5 Å². The number of nitrogens with zero attached hydrogens (tertiary/aromatic N) is 2. The van der Waals surface area contributed by atoms with Gasteiger partial charge in [0.25, 0.3) is 0 Å². The Morgan fingerprint density at radius 3 is 2.50 bits per heavy atom. The van der Waals surface area contributed by atoms with Crippen LogP contribution >= 0.6 is 24.0 Å². The van der Waals surface area contributed by atoms with Crippen molar-refractivity contribution in [3.8, 4) is 0 Å². The van der Waals surface area contributed by atoms with Crippen molar-refractivity contribution in [3.05, 3.63) is 42.1 Å². The SMILES string of the molecule is CCNC(=NCc1ccnc2ccccc12)NCC.I. The number of hydrogen-bond acceptors (Lipinski definition) is 2. The Kier molecular flexibility index (Phi) is 7.28. The summed E-state index contributed by atoms with van der Waals surface area (Å²) in [5, 5.41) is 7.62. The first-order chi connectivity index (χ1) is 9.35. The Balaban J connectivity index is 0.00000200. The van der Waals surface area contributed by atoms with E-state index in [9.17, 15) is 0 Å². The lowest BCUT2D eigenvalue weighted by Gasteiger charge is -2.09. The molecule has 5 heteroatoms. The smallest absolute Gasteiger partial charge is 0.191 e. The van der Waals surface area contributed by atoms with E-state index < -0.39 is 0 Å². The average Bonchev–Trinajstić information content (AvgIpc) is 2.45. The number of benzene rings is 1. The van der Waals surface area contributed by atoms with Gasteiger partial charge < -0.3 is 10.6 Å². The minimum absolute atomic E-state index is 0. The van der Waals surface area contributed by atoms with Gasteiger partial charge in [-0.25, -0.2) is 4.99 Å². The van der Waals surface area contributed by atoms with E-state index in [4.69, 9.17) is 0 Å². The number of hydrogen-bond donors (Lipinski definition) is 2. The van der Waals surface area contributed by atoms with Crippen molar-refractivity contribution in [2.24, 2.45) is 4.99 Å². The zero-order valence-corrected chi connectivity index (χ0v) is 14.2. The molecule has 0 bridgehead atoms. The highest BCUT2D eigenvalue weighted by Crippen LogP contribution is 2.16. The van der Waals surface area contributed by atoms with Crippen LogP contribution in [0.5, 0.6) is 0 Å². The van der Waals surface area contributed by atoms with Crippen molar-refractivity contribution >= 4 is 40.8 Å². The fourth-order valence-electron chi connectivity index (χ4n) is 1.97. The van der Waals surface area contributed by atoms with Crippen molar-refractivity contribution in [2.75, 3.05) is 13.1 Å². The number of nitrogens with one attached hydrogen (secondary N) is 2. The van der Waals surface area contributed by atoms with Crippen molar-refractivity contribution in [3.63, 3.8) is 0 Å². The van der Waals surface area contributed by atoms with Crippen LogP contribution < -0.4 is 10.6 Å². The highest BCUT2D eigenvalue weighted by atomic mass is 127. The molecule has 0 saturated heterocycles. The molecule has 2 N–H and O–H groups in total. The van der Waals surface area contributed by atoms with Gasteiger partial charge in [0.1, 0.15) is 0 Å². The maximum atomic E-state index is 4.59. The van der Waals surface area contributed by atoms with Crippen LogP contribution in [-0.4, -0.2) is 24.0 Å². The molecule has 0 spiro atoms. The first-order valence-corrected chi connectivity index (χ1v) is 6.70. The number of rotatable bonds is 4. The molecule has 108 valence electrons. The molecule has 20 heavy (non-hydrogen) atoms. The number of guanidine groups is 1. The maximum absolute atomic E-state index is 4.59. The number of fused-ring (bicyclic) bond motifs is 1. The van der Waals surface area contributed by atoms with Crippen LogP contribution in [0.25, 0.3) is 10.9 Å². The molecule has 2 rings (SSSR count). The van der Waals surface area contributed by atoms with Crippen molar-refractivity contribution in [1.82, 2.24) is 15.6 Å². The first-order valence-electron chi connectivity index (χ1n) is 6.70. The zero-order valence-electron chi connectivity index (χ0n) is 11.9. The lowest BCUT2D eigenvalue weighted by atomic mass is 10.1. The van der Waals surface area contributed by atoms with Gasteiger partial charge in [-0.1, -0.05) is 18.2 Å². The van der Waals surface area contributed by atoms with Crippen LogP contribution in [0.15, 0.2) is 41.5 Å². The van der Waals surface area contributed by atoms with E-state index in [0.717, 1.165) is 24.6 Å². The van der Waals surface area contributed by atoms with Crippen LogP contribution in [0, 0.1) is 0 Å². The van der Waals surface area contributed by atoms with E-state index in [1.807, 2.05) is 30.5 Å². The predicted molar refractivity (Wildman–Crippen MR) is 95.7 cm³/mol. The second kappa shape index (κ2) is 8.73. The number of halogens is 1. The normalized spacial score (nSPS) is 9.70. The van der Waals surface area contributed by atoms with E-state index in [0.29, 0.717) is 6.54 Å². The number of aliphatic imine (C=N–C) groups is 1. The van der Waals surface area contributed by atoms with E-state index >= 15 is 0 Å². The molecule has 0 atom stereocenters. The summed E-state index contributed by atoms with van der Waals surface area (Å²) in [6.45, 7) is 6.51. The van der Waals surface area contributed by atoms with Gasteiger partial charge in [0.15, 0.2) is 5.96 Å². The van der Waals surface area contributed by atoms with Gasteiger partial charge in [0, 0.05) is 24.7 Å². The second-order valence-electron chi connectivity index (χ2n) is 4.21. The van der Waals surface area contributed by atoms with Crippen LogP contribution in [0.3, 0.4) is 0 Å². The standard InChI is InChI=1S/C15H20N4.HI/c1-3-16-15(17-4-2)19-11-12-9-10-18-14-8-6-5-7-13(12)14;/h5-10H,3-4,11H2,1-2H3,(H2,16,17,19);1H. The molecule has 0 fully saturated rings. The molecule has 0 saturated carbocycles. The molecule has 0 radical (unpaired) electrons. The van der Waals surface area contributed by atoms with Crippen LogP contribution in [0.4, 0.5) is 0 Å². The molecule has 1 aromatic heterocycles. The van der Waals surface area contributed by atoms with E-state index in [1.165, 1.54) is 10.9 Å². The summed E-state index contributed by atoms with van der Waals surface area (Å²) in [5.74, 6) is 0.853. The fourth-order valence-corrected chi connectivity index (χ4v) is 1.97. The second-order valence-corrected chi connectivity index (χ2v) is 4.21. The molecular formula is C15H21IN4. The Labute approximate surface area is 137 Å². The molecule has 0 aliphatic heterocycles. The van der Waals surface area contributed by atoms with Gasteiger partial charge in [-0.3, -0.25) is 4.98 Å². The summed E-state index contributed by atoms with van der Waals surface area (Å²) in [7, 11) is 0. The van der Waals surface area contributed by atoms with Crippen molar-refractivity contribution < 1.29 is 0 Å². The lowest BCUT2D eigenvalue weighted by Crippen LogP contribution is -2.36. The third-order valence-corrected chi connectivity index (χ3v) is 2.84. The number of para-hydroxylation sites is 1. The minimum Gasteiger partial charge on any atom is -0.357 e. The van der Waals surface area contributed by atoms with Gasteiger partial charge >= 0.3 is 0 Å². The van der Waals surface area contributed by atoms with Gasteiger partial charge in [0.05, 0.1) is 12.1 Å². The molecule has 0 aliphatic carbocycles. The van der Waals surface area contributed by atoms with E-state index in [2.05, 4.69) is 40.5 Å². The number of aromatic nitrogens is 1. The summed E-state index contributed by atoms with van der Waals surface area (Å²) in [4.78, 5) is 8.95. The lowest BCUT2D eigenvalue weighted by molar-refractivity contribution is 0.840. The third kappa shape index (κ3) is 4.33. The molecule has 4 nitrogen and oxygen atoms in total. The van der Waals surface area contributed by atoms with E-state index in [-0.39, 0.29) is 24.0 Å². The topological polar surface area (TPSA) is 49.3 Å². The monoisotopic (exact) mass is 384 g/mol. The molecular weight excluding hydrogens is 363 g/mol. The van der Waals surface area contributed by atoms with Gasteiger partial charge in [0.2, 0.25) is 0 Å². The quantitative estimate of drug-likeness (QED) is 0.484. The predicted octanol–water partition coefficient (Wildman–Crippen LogP) is 2.93. The zero-order chi connectivity index (χ0) is 13.5. The van der Waals surface area contributed by atoms with Crippen LogP contribution in [0.2, 0.25) is 0 Å². The average molecular weight is 384 g/mol. The third-order valence-electron chi connectivity index (χ3n) is 2.84. The summed E-state index contributed by atoms with van der Waals surface area (Å²) >= 11 is 0. The highest BCUT2D eigenvalue weighted by Gasteiger charge is 2.01. The molecule has 0 unspecified atom stereocenters. The highest BCUT2D eigenvalue weighted by molar-refractivity contribution is 14.0. The maximum Gasteiger partial charge on any atom is 0.191 e. The summed E-state index contributed by atoms with van der Waals surface area (Å²) < 4.78 is 0. The Bertz CT molecular complexity index is 555. The first kappa shape index (κ1) is 16.7. The largest absolute Gasteiger partial charge is 0.357 e. The summed E-state index contributed by atoms with van der Waals surface area (Å²) in [5.41, 5.74) is 2.21. The Morgan fingerprint density at radius 1 is 1.10 bits per heavy atom. The summed E-state index contributed by atoms with van der Waals surface area (Å²) in [6, 6.07) is 10.2. The molecule has 2 aromatic rings. The molecule has 1 aromatic carbocycles. The summed E-state index contributed by atoms with van der Waals surface area (Å²) in [6.07, 6.45) is 1.84. The minimum atomic E-state index is 0. The fraction of sp³-hybridized carbons (Fsp3) is 0.333. The molecule has 0 amide bonds. The van der Waals surface area contributed by atoms with Gasteiger partial charge in [-0.15, -0.1) is 24.0 Å². The van der Waals surface area contributed by atoms with Gasteiger partial charge in [-0.2, -0.15) is 0 Å². The van der Waals surface area contributed by atoms with Crippen molar-refractivity contribution in [1.29, 1.82) is 0 Å². The Morgan fingerprint density at radius 2 is 1.80 bits per heavy atom. The Hall–Kier alpha value is -1.37. The van der Waals surface area contributed by atoms with Crippen molar-refractivity contribution in [2.45, 2.75) is 20.4 Å². The van der Waals surface area contributed by atoms with E-state index in [1.54, 1.807) is 0 Å². The van der Waals surface area contributed by atoms with Crippen LogP contribution in [-0.2, 0) is 6.54 Å². The molecule has 0 aliphatic rings. The van der Waals surface area contributed by atoms with Crippen LogP contribution in [0.1, 0.15) is 19.4 Å².